The summed E-state index contributed by atoms with van der Waals surface area (Å²) in [4.78, 5) is 23.2. The first kappa shape index (κ1) is 22.5. The Balaban J connectivity index is 1.53. The molecule has 0 spiro atoms. The van der Waals surface area contributed by atoms with Crippen molar-refractivity contribution in [3.8, 4) is 28.5 Å². The van der Waals surface area contributed by atoms with Gasteiger partial charge >= 0.3 is 0 Å². The molecule has 3 N–H and O–H groups in total. The van der Waals surface area contributed by atoms with E-state index in [1.54, 1.807) is 17.3 Å². The highest BCUT2D eigenvalue weighted by atomic mass is 16.3. The Morgan fingerprint density at radius 2 is 2.00 bits per heavy atom. The number of nitrogens with zero attached hydrogens (tertiary/aromatic N) is 6. The van der Waals surface area contributed by atoms with Crippen molar-refractivity contribution < 1.29 is 9.90 Å². The molecule has 5 rings (SSSR count). The molecule has 0 saturated carbocycles. The highest BCUT2D eigenvalue weighted by Crippen LogP contribution is 2.36. The number of nitriles is 1. The van der Waals surface area contributed by atoms with Crippen LogP contribution in [0.2, 0.25) is 0 Å². The van der Waals surface area contributed by atoms with Crippen molar-refractivity contribution in [3.63, 3.8) is 0 Å². The molecular formula is C26H25N7O2. The van der Waals surface area contributed by atoms with Crippen molar-refractivity contribution in [3.05, 3.63) is 66.1 Å². The monoisotopic (exact) mass is 467 g/mol. The van der Waals surface area contributed by atoms with Gasteiger partial charge in [0.2, 0.25) is 5.91 Å². The maximum absolute atomic E-state index is 12.0. The quantitative estimate of drug-likeness (QED) is 0.471. The summed E-state index contributed by atoms with van der Waals surface area (Å²) in [6.07, 6.45) is 4.73. The van der Waals surface area contributed by atoms with Crippen LogP contribution in [0.3, 0.4) is 0 Å². The Hall–Kier alpha value is -4.29. The Morgan fingerprint density at radius 1 is 1.20 bits per heavy atom. The van der Waals surface area contributed by atoms with E-state index in [1.807, 2.05) is 49.4 Å². The van der Waals surface area contributed by atoms with E-state index in [2.05, 4.69) is 16.2 Å². The molecule has 176 valence electrons. The number of aromatic nitrogens is 4. The van der Waals surface area contributed by atoms with E-state index in [1.165, 1.54) is 4.52 Å². The molecule has 0 bridgehead atoms. The van der Waals surface area contributed by atoms with E-state index in [0.29, 0.717) is 36.3 Å². The number of nitrogen functional groups attached to an aromatic ring is 1. The summed E-state index contributed by atoms with van der Waals surface area (Å²) >= 11 is 0. The van der Waals surface area contributed by atoms with Crippen LogP contribution in [0.1, 0.15) is 36.9 Å². The fourth-order valence-corrected chi connectivity index (χ4v) is 4.86. The van der Waals surface area contributed by atoms with Crippen LogP contribution in [-0.2, 0) is 4.79 Å². The van der Waals surface area contributed by atoms with Gasteiger partial charge in [0, 0.05) is 41.4 Å². The van der Waals surface area contributed by atoms with E-state index in [9.17, 15) is 15.2 Å². The molecule has 1 aromatic carbocycles. The van der Waals surface area contributed by atoms with Crippen molar-refractivity contribution >= 4 is 17.4 Å². The number of rotatable bonds is 4. The molecule has 1 aliphatic heterocycles. The lowest BCUT2D eigenvalue weighted by Gasteiger charge is -2.37. The molecule has 2 atom stereocenters. The van der Waals surface area contributed by atoms with Crippen LogP contribution in [0.5, 0.6) is 0 Å². The number of aliphatic hydroxyl groups is 1. The second-order valence-corrected chi connectivity index (χ2v) is 8.78. The van der Waals surface area contributed by atoms with Crippen LogP contribution in [0.15, 0.2) is 54.9 Å². The summed E-state index contributed by atoms with van der Waals surface area (Å²) in [6, 6.07) is 16.0. The Morgan fingerprint density at radius 3 is 2.66 bits per heavy atom. The normalized spacial score (nSPS) is 17.9. The van der Waals surface area contributed by atoms with E-state index < -0.39 is 6.61 Å². The number of benzene rings is 1. The fourth-order valence-electron chi connectivity index (χ4n) is 4.86. The third kappa shape index (κ3) is 3.98. The summed E-state index contributed by atoms with van der Waals surface area (Å²) in [7, 11) is 0. The zero-order valence-electron chi connectivity index (χ0n) is 19.3. The molecule has 1 saturated heterocycles. The first-order valence-corrected chi connectivity index (χ1v) is 11.5. The standard InChI is InChI=1S/C26H25N7O2/c1-16-11-18(9-10-32(16)23(35)15-34)24-20(12-27)25(28)33-26(31-24)21(14-30-33)19-7-8-22(29-13-19)17-5-3-2-4-6-17/h2-8,13-14,16,18,34H,9-11,15,28H2,1H3/t16-,18+/m0/s1. The smallest absolute Gasteiger partial charge is 0.248 e. The Kier molecular flexibility index (Phi) is 5.89. The average molecular weight is 468 g/mol. The minimum atomic E-state index is -0.508. The molecule has 4 heterocycles. The summed E-state index contributed by atoms with van der Waals surface area (Å²) in [5, 5.41) is 23.5. The van der Waals surface area contributed by atoms with Crippen molar-refractivity contribution in [2.45, 2.75) is 31.7 Å². The third-order valence-electron chi connectivity index (χ3n) is 6.68. The van der Waals surface area contributed by atoms with Gasteiger partial charge < -0.3 is 15.7 Å². The van der Waals surface area contributed by atoms with Crippen molar-refractivity contribution in [1.82, 2.24) is 24.5 Å². The molecule has 4 aromatic rings. The number of carbonyl (C=O) groups excluding carboxylic acids is 1. The molecule has 1 fully saturated rings. The van der Waals surface area contributed by atoms with E-state index >= 15 is 0 Å². The van der Waals surface area contributed by atoms with Gasteiger partial charge in [0.25, 0.3) is 0 Å². The number of hydrogen-bond acceptors (Lipinski definition) is 7. The maximum Gasteiger partial charge on any atom is 0.248 e. The largest absolute Gasteiger partial charge is 0.387 e. The van der Waals surface area contributed by atoms with Gasteiger partial charge in [-0.15, -0.1) is 0 Å². The molecular weight excluding hydrogens is 442 g/mol. The number of carbonyl (C=O) groups is 1. The number of amides is 1. The number of nitrogens with two attached hydrogens (primary N) is 1. The third-order valence-corrected chi connectivity index (χ3v) is 6.68. The van der Waals surface area contributed by atoms with E-state index in [-0.39, 0.29) is 23.7 Å². The second kappa shape index (κ2) is 9.16. The highest BCUT2D eigenvalue weighted by Gasteiger charge is 2.32. The van der Waals surface area contributed by atoms with Gasteiger partial charge in [0.05, 0.1) is 17.6 Å². The molecule has 1 aliphatic rings. The summed E-state index contributed by atoms with van der Waals surface area (Å²) in [6.45, 7) is 1.92. The highest BCUT2D eigenvalue weighted by molar-refractivity contribution is 5.80. The molecule has 0 radical (unpaired) electrons. The summed E-state index contributed by atoms with van der Waals surface area (Å²) in [5.74, 6) is -0.0888. The van der Waals surface area contributed by atoms with Crippen LogP contribution < -0.4 is 5.73 Å². The molecule has 9 heteroatoms. The second-order valence-electron chi connectivity index (χ2n) is 8.78. The van der Waals surface area contributed by atoms with Gasteiger partial charge in [-0.3, -0.25) is 9.78 Å². The number of piperidine rings is 1. The average Bonchev–Trinajstić information content (AvgIpc) is 3.33. The van der Waals surface area contributed by atoms with E-state index in [4.69, 9.17) is 10.7 Å². The van der Waals surface area contributed by atoms with Gasteiger partial charge in [0.1, 0.15) is 24.1 Å². The van der Waals surface area contributed by atoms with Crippen molar-refractivity contribution in [2.75, 3.05) is 18.9 Å². The van der Waals surface area contributed by atoms with Gasteiger partial charge in [-0.2, -0.15) is 14.9 Å². The molecule has 1 amide bonds. The van der Waals surface area contributed by atoms with Gasteiger partial charge in [-0.05, 0) is 25.8 Å². The number of hydrogen-bond donors (Lipinski definition) is 2. The Labute approximate surface area is 202 Å². The molecule has 9 nitrogen and oxygen atoms in total. The number of fused-ring (bicyclic) bond motifs is 1. The summed E-state index contributed by atoms with van der Waals surface area (Å²) < 4.78 is 1.50. The topological polar surface area (TPSA) is 133 Å². The zero-order chi connectivity index (χ0) is 24.5. The lowest BCUT2D eigenvalue weighted by Crippen LogP contribution is -2.45. The first-order chi connectivity index (χ1) is 17.0. The predicted octanol–water partition coefficient (Wildman–Crippen LogP) is 3.00. The van der Waals surface area contributed by atoms with Crippen LogP contribution in [-0.4, -0.2) is 54.7 Å². The Bertz CT molecular complexity index is 1420. The first-order valence-electron chi connectivity index (χ1n) is 11.5. The van der Waals surface area contributed by atoms with E-state index in [0.717, 1.165) is 22.4 Å². The van der Waals surface area contributed by atoms with Crippen LogP contribution in [0.4, 0.5) is 5.82 Å². The van der Waals surface area contributed by atoms with Crippen molar-refractivity contribution in [2.24, 2.45) is 0 Å². The van der Waals surface area contributed by atoms with Gasteiger partial charge in [-0.25, -0.2) is 4.98 Å². The number of anilines is 1. The lowest BCUT2D eigenvalue weighted by atomic mass is 9.87. The zero-order valence-corrected chi connectivity index (χ0v) is 19.3. The lowest BCUT2D eigenvalue weighted by molar-refractivity contribution is -0.137. The minimum Gasteiger partial charge on any atom is -0.387 e. The predicted molar refractivity (Wildman–Crippen MR) is 131 cm³/mol. The van der Waals surface area contributed by atoms with Crippen LogP contribution >= 0.6 is 0 Å². The maximum atomic E-state index is 12.0. The number of aliphatic hydroxyl groups excluding tert-OH is 1. The van der Waals surface area contributed by atoms with Crippen molar-refractivity contribution in [1.29, 1.82) is 5.26 Å². The minimum absolute atomic E-state index is 0.0453. The molecule has 0 aliphatic carbocycles. The SMILES string of the molecule is C[C@H]1C[C@H](c2nc3c(-c4ccc(-c5ccccc5)nc4)cnn3c(N)c2C#N)CCN1C(=O)CO. The summed E-state index contributed by atoms with van der Waals surface area (Å²) in [5.41, 5.74) is 11.4. The number of likely N-dealkylation sites (tertiary alicyclic amines) is 1. The fraction of sp³-hybridized carbons (Fsp3) is 0.269. The molecule has 0 unspecified atom stereocenters. The van der Waals surface area contributed by atoms with Crippen LogP contribution in [0.25, 0.3) is 28.0 Å². The van der Waals surface area contributed by atoms with Gasteiger partial charge in [0.15, 0.2) is 5.65 Å². The van der Waals surface area contributed by atoms with Crippen LogP contribution in [0, 0.1) is 11.3 Å². The molecule has 3 aromatic heterocycles. The van der Waals surface area contributed by atoms with Gasteiger partial charge in [-0.1, -0.05) is 36.4 Å². The molecule has 35 heavy (non-hydrogen) atoms. The number of pyridine rings is 1.